The smallest absolute Gasteiger partial charge is 0.320 e. The van der Waals surface area contributed by atoms with Crippen LogP contribution in [0.2, 0.25) is 0 Å². The third-order valence-corrected chi connectivity index (χ3v) is 3.50. The van der Waals surface area contributed by atoms with Crippen LogP contribution in [-0.2, 0) is 0 Å². The Morgan fingerprint density at radius 1 is 1.24 bits per heavy atom. The van der Waals surface area contributed by atoms with Gasteiger partial charge < -0.3 is 15.0 Å². The fraction of sp³-hybridized carbons (Fsp3) is 0.625. The first kappa shape index (κ1) is 17.4. The molecule has 0 saturated heterocycles. The summed E-state index contributed by atoms with van der Waals surface area (Å²) in [6, 6.07) is 4.94. The highest BCUT2D eigenvalue weighted by Gasteiger charge is 2.23. The topological polar surface area (TPSA) is 50.5 Å². The summed E-state index contributed by atoms with van der Waals surface area (Å²) in [5, 5.41) is 11.8. The van der Waals surface area contributed by atoms with Crippen molar-refractivity contribution >= 4 is 5.91 Å². The third kappa shape index (κ3) is 5.34. The number of aromatic nitrogens is 1. The Bertz CT molecular complexity index is 445. The second kappa shape index (κ2) is 8.62. The third-order valence-electron chi connectivity index (χ3n) is 3.50. The van der Waals surface area contributed by atoms with Gasteiger partial charge in [0.25, 0.3) is 5.69 Å². The molecule has 0 unspecified atom stereocenters. The molecule has 5 nitrogen and oxygen atoms in total. The summed E-state index contributed by atoms with van der Waals surface area (Å²) in [5.41, 5.74) is 0.192. The lowest BCUT2D eigenvalue weighted by atomic mass is 10.2. The number of likely N-dealkylation sites (N-methyl/N-ethyl adjacent to an activating group) is 1. The van der Waals surface area contributed by atoms with Gasteiger partial charge in [-0.25, -0.2) is 0 Å². The lowest BCUT2D eigenvalue weighted by Crippen LogP contribution is -2.45. The summed E-state index contributed by atoms with van der Waals surface area (Å²) >= 11 is 0. The van der Waals surface area contributed by atoms with Gasteiger partial charge in [-0.3, -0.25) is 4.79 Å². The van der Waals surface area contributed by atoms with E-state index in [2.05, 4.69) is 32.6 Å². The fourth-order valence-corrected chi connectivity index (χ4v) is 2.27. The summed E-state index contributed by atoms with van der Waals surface area (Å²) in [6.45, 7) is 12.4. The second-order valence-electron chi connectivity index (χ2n) is 5.58. The molecular weight excluding hydrogens is 266 g/mol. The molecule has 1 amide bonds. The summed E-state index contributed by atoms with van der Waals surface area (Å²) in [7, 11) is 0. The lowest BCUT2D eigenvalue weighted by Gasteiger charge is -2.27. The molecule has 1 rings (SSSR count). The molecule has 0 radical (unpaired) electrons. The Balaban J connectivity index is 2.82. The van der Waals surface area contributed by atoms with E-state index in [4.69, 9.17) is 0 Å². The van der Waals surface area contributed by atoms with Crippen molar-refractivity contribution in [1.29, 1.82) is 0 Å². The van der Waals surface area contributed by atoms with Crippen LogP contribution in [0.15, 0.2) is 24.4 Å². The van der Waals surface area contributed by atoms with Gasteiger partial charge >= 0.3 is 5.91 Å². The maximum atomic E-state index is 12.6. The molecule has 1 heterocycles. The van der Waals surface area contributed by atoms with Crippen molar-refractivity contribution in [1.82, 2.24) is 9.80 Å². The van der Waals surface area contributed by atoms with Crippen LogP contribution in [-0.4, -0.2) is 48.4 Å². The van der Waals surface area contributed by atoms with E-state index in [1.165, 1.54) is 6.20 Å². The van der Waals surface area contributed by atoms with Crippen molar-refractivity contribution < 1.29 is 9.52 Å². The number of hydrogen-bond donors (Lipinski definition) is 0. The molecule has 0 fully saturated rings. The minimum absolute atomic E-state index is 0.188. The van der Waals surface area contributed by atoms with Gasteiger partial charge in [-0.1, -0.05) is 27.7 Å². The van der Waals surface area contributed by atoms with E-state index in [9.17, 15) is 10.0 Å². The molecule has 118 valence electrons. The molecule has 0 aromatic carbocycles. The largest absolute Gasteiger partial charge is 0.618 e. The lowest BCUT2D eigenvalue weighted by molar-refractivity contribution is -0.608. The van der Waals surface area contributed by atoms with Gasteiger partial charge in [0.05, 0.1) is 0 Å². The van der Waals surface area contributed by atoms with Gasteiger partial charge in [-0.2, -0.15) is 4.73 Å². The van der Waals surface area contributed by atoms with Gasteiger partial charge in [-0.15, -0.1) is 0 Å². The van der Waals surface area contributed by atoms with Gasteiger partial charge in [0.2, 0.25) is 0 Å². The number of amides is 1. The van der Waals surface area contributed by atoms with Gasteiger partial charge in [0.1, 0.15) is 0 Å². The molecular formula is C16H27N3O2. The molecule has 0 spiro atoms. The van der Waals surface area contributed by atoms with E-state index < -0.39 is 0 Å². The quantitative estimate of drug-likeness (QED) is 0.542. The number of nitrogens with zero attached hydrogens (tertiary/aromatic N) is 3. The van der Waals surface area contributed by atoms with E-state index in [0.717, 1.165) is 19.6 Å². The summed E-state index contributed by atoms with van der Waals surface area (Å²) in [5.74, 6) is 0.181. The van der Waals surface area contributed by atoms with E-state index in [1.807, 2.05) is 0 Å². The molecule has 0 atom stereocenters. The molecule has 5 heteroatoms. The first-order valence-electron chi connectivity index (χ1n) is 7.69. The first-order chi connectivity index (χ1) is 9.99. The van der Waals surface area contributed by atoms with E-state index in [-0.39, 0.29) is 11.6 Å². The maximum Gasteiger partial charge on any atom is 0.320 e. The van der Waals surface area contributed by atoms with Crippen LogP contribution in [0.25, 0.3) is 0 Å². The van der Waals surface area contributed by atoms with Crippen LogP contribution < -0.4 is 4.73 Å². The van der Waals surface area contributed by atoms with Crippen molar-refractivity contribution in [2.45, 2.75) is 27.7 Å². The van der Waals surface area contributed by atoms with Crippen molar-refractivity contribution in [2.75, 3.05) is 32.7 Å². The van der Waals surface area contributed by atoms with Crippen LogP contribution >= 0.6 is 0 Å². The molecule has 0 aliphatic carbocycles. The number of carbonyl (C=O) groups excluding carboxylic acids is 1. The van der Waals surface area contributed by atoms with Gasteiger partial charge in [-0.05, 0) is 25.1 Å². The zero-order valence-electron chi connectivity index (χ0n) is 13.6. The molecule has 0 N–H and O–H groups in total. The van der Waals surface area contributed by atoms with Crippen LogP contribution in [0.4, 0.5) is 0 Å². The average molecular weight is 293 g/mol. The number of pyridine rings is 1. The highest BCUT2D eigenvalue weighted by molar-refractivity contribution is 5.90. The van der Waals surface area contributed by atoms with E-state index >= 15 is 0 Å². The highest BCUT2D eigenvalue weighted by atomic mass is 16.5. The standard InChI is InChI=1S/C16H27N3O2/c1-5-17(6-2)11-12-18(13-14(3)4)16(20)15-9-7-8-10-19(15)21/h7-10,14H,5-6,11-13H2,1-4H3. The van der Waals surface area contributed by atoms with Crippen LogP contribution in [0.5, 0.6) is 0 Å². The Kier molecular flexibility index (Phi) is 7.15. The van der Waals surface area contributed by atoms with Crippen molar-refractivity contribution in [3.8, 4) is 0 Å². The summed E-state index contributed by atoms with van der Waals surface area (Å²) < 4.78 is 0.646. The first-order valence-corrected chi connectivity index (χ1v) is 7.69. The normalized spacial score (nSPS) is 11.1. The minimum atomic E-state index is -0.188. The molecule has 1 aromatic rings. The summed E-state index contributed by atoms with van der Waals surface area (Å²) in [4.78, 5) is 16.6. The maximum absolute atomic E-state index is 12.6. The monoisotopic (exact) mass is 293 g/mol. The van der Waals surface area contributed by atoms with E-state index in [0.29, 0.717) is 23.7 Å². The molecule has 1 aromatic heterocycles. The van der Waals surface area contributed by atoms with Crippen molar-refractivity contribution in [3.63, 3.8) is 0 Å². The fourth-order valence-electron chi connectivity index (χ4n) is 2.27. The van der Waals surface area contributed by atoms with Crippen LogP contribution in [0.1, 0.15) is 38.2 Å². The Hall–Kier alpha value is -1.62. The Labute approximate surface area is 127 Å². The SMILES string of the molecule is CCN(CC)CCN(CC(C)C)C(=O)c1cccc[n+]1[O-]. The second-order valence-corrected chi connectivity index (χ2v) is 5.58. The highest BCUT2D eigenvalue weighted by Crippen LogP contribution is 2.05. The van der Waals surface area contributed by atoms with Crippen LogP contribution in [0, 0.1) is 11.1 Å². The predicted octanol–water partition coefficient (Wildman–Crippen LogP) is 1.76. The summed E-state index contributed by atoms with van der Waals surface area (Å²) in [6.07, 6.45) is 1.37. The molecule has 21 heavy (non-hydrogen) atoms. The molecule has 0 bridgehead atoms. The number of carbonyl (C=O) groups is 1. The predicted molar refractivity (Wildman–Crippen MR) is 83.9 cm³/mol. The van der Waals surface area contributed by atoms with Gasteiger partial charge in [0.15, 0.2) is 6.20 Å². The van der Waals surface area contributed by atoms with Crippen molar-refractivity contribution in [3.05, 3.63) is 35.3 Å². The minimum Gasteiger partial charge on any atom is -0.618 e. The molecule has 0 saturated carbocycles. The van der Waals surface area contributed by atoms with Crippen LogP contribution in [0.3, 0.4) is 0 Å². The Morgan fingerprint density at radius 2 is 1.90 bits per heavy atom. The molecule has 0 aliphatic heterocycles. The molecule has 0 aliphatic rings. The zero-order valence-corrected chi connectivity index (χ0v) is 13.6. The Morgan fingerprint density at radius 3 is 2.43 bits per heavy atom. The van der Waals surface area contributed by atoms with Crippen molar-refractivity contribution in [2.24, 2.45) is 5.92 Å². The van der Waals surface area contributed by atoms with E-state index in [1.54, 1.807) is 23.1 Å². The average Bonchev–Trinajstić information content (AvgIpc) is 2.46. The zero-order chi connectivity index (χ0) is 15.8. The number of hydrogen-bond acceptors (Lipinski definition) is 3. The number of rotatable bonds is 8. The van der Waals surface area contributed by atoms with Gasteiger partial charge in [0, 0.05) is 31.8 Å².